The summed E-state index contributed by atoms with van der Waals surface area (Å²) >= 11 is 0. The molecule has 0 N–H and O–H groups in total. The van der Waals surface area contributed by atoms with Gasteiger partial charge in [0.1, 0.15) is 121 Å². The van der Waals surface area contributed by atoms with Gasteiger partial charge in [0.05, 0.1) is 11.0 Å². The molecule has 0 spiro atoms. The third-order valence-corrected chi connectivity index (χ3v) is 15.5. The van der Waals surface area contributed by atoms with Gasteiger partial charge in [-0.05, 0) is 47.5 Å². The Hall–Kier alpha value is -5.94. The molecular weight excluding hydrogens is 764 g/mol. The van der Waals surface area contributed by atoms with Crippen molar-refractivity contribution in [3.05, 3.63) is 84.9 Å². The molecule has 10 rings (SSSR count). The highest BCUT2D eigenvalue weighted by Crippen LogP contribution is 2.36. The van der Waals surface area contributed by atoms with Crippen LogP contribution in [0.15, 0.2) is 89.3 Å². The second-order valence-corrected chi connectivity index (χ2v) is 18.4. The molecule has 0 aliphatic rings. The normalized spacial score (nSPS) is 11.7. The third-order valence-electron chi connectivity index (χ3n) is 15.5. The number of benzene rings is 7. The fourth-order valence-corrected chi connectivity index (χ4v) is 10.7. The predicted octanol–water partition coefficient (Wildman–Crippen LogP) is -12.8. The van der Waals surface area contributed by atoms with E-state index in [2.05, 4.69) is 199 Å². The zero-order valence-corrected chi connectivity index (χ0v) is 39.8. The van der Waals surface area contributed by atoms with Crippen molar-refractivity contribution in [2.24, 2.45) is 0 Å². The molecule has 64 heavy (non-hydrogen) atoms. The lowest BCUT2D eigenvalue weighted by atomic mass is 9.56. The van der Waals surface area contributed by atoms with Crippen molar-refractivity contribution < 1.29 is 4.42 Å². The third kappa shape index (κ3) is 6.16. The van der Waals surface area contributed by atoms with Crippen LogP contribution < -0.4 is 76.5 Å². The van der Waals surface area contributed by atoms with Crippen molar-refractivity contribution >= 4 is 230 Å². The summed E-state index contributed by atoms with van der Waals surface area (Å²) in [6.07, 6.45) is 0. The van der Waals surface area contributed by atoms with Crippen molar-refractivity contribution in [3.63, 3.8) is 0 Å². The van der Waals surface area contributed by atoms with E-state index in [1.165, 1.54) is 109 Å². The largest absolute Gasteiger partial charge is 0.456 e. The minimum atomic E-state index is 0.621. The summed E-state index contributed by atoms with van der Waals surface area (Å²) in [7, 11) is 31.4. The summed E-state index contributed by atoms with van der Waals surface area (Å²) in [5, 5.41) is 4.59. The topological polar surface area (TPSA) is 56.7 Å². The molecule has 0 unspecified atom stereocenters. The van der Waals surface area contributed by atoms with Crippen LogP contribution in [0, 0.1) is 0 Å². The summed E-state index contributed by atoms with van der Waals surface area (Å²) in [5.41, 5.74) is 28.5. The SMILES string of the molecule is Bc1c(B)c(B)c(-c2nc(-c3ccc4c(c3)oc3cc(-n5c6ccccc6c6ccccc65)ccc34)nc(-c3c(B)c(B)c(B)c(-c4c(B)c(B)c(B)c(B)c4B)c3B)n2)c(B)c1B. The fraction of sp³-hybridized carbons (Fsp3) is 0. The molecule has 3 aromatic heterocycles. The zero-order valence-electron chi connectivity index (χ0n) is 39.8. The molecule has 0 aliphatic carbocycles. The number of furan rings is 1. The molecule has 3 heterocycles. The van der Waals surface area contributed by atoms with E-state index >= 15 is 0 Å². The highest BCUT2D eigenvalue weighted by Gasteiger charge is 2.25. The highest BCUT2D eigenvalue weighted by molar-refractivity contribution is 6.71. The standard InChI is InChI=1S/C45H42B14N4O/c46-29-25(26-31(48)37(54)41(58)38(55)32(26)49)30(47)36(53)33(50)27(29)44-60-43(61-45(62-44)28-34(51)39(56)42(59)40(57)35(28)52)15-9-11-19-20-12-10-16(14-24(20)64-23(19)13-15)63-21-7-3-1-5-17(21)18-6-2-4-8-22(18)63/h1-14H,46-59H2. The number of hydrogen-bond acceptors (Lipinski definition) is 4. The molecule has 0 fully saturated rings. The van der Waals surface area contributed by atoms with E-state index < -0.39 is 0 Å². The van der Waals surface area contributed by atoms with Crippen LogP contribution in [0.3, 0.4) is 0 Å². The van der Waals surface area contributed by atoms with Gasteiger partial charge in [-0.15, -0.1) is 38.2 Å². The molecule has 0 aliphatic heterocycles. The molecule has 290 valence electrons. The Labute approximate surface area is 387 Å². The minimum Gasteiger partial charge on any atom is -0.456 e. The van der Waals surface area contributed by atoms with Gasteiger partial charge < -0.3 is 8.98 Å². The average molecular weight is 806 g/mol. The van der Waals surface area contributed by atoms with Gasteiger partial charge in [-0.3, -0.25) is 0 Å². The van der Waals surface area contributed by atoms with Crippen molar-refractivity contribution in [1.82, 2.24) is 19.5 Å². The number of nitrogens with zero attached hydrogens (tertiary/aromatic N) is 4. The maximum absolute atomic E-state index is 6.79. The minimum absolute atomic E-state index is 0.621. The first-order chi connectivity index (χ1) is 30.6. The van der Waals surface area contributed by atoms with Crippen LogP contribution in [0.25, 0.3) is 94.7 Å². The van der Waals surface area contributed by atoms with Crippen LogP contribution in [0.4, 0.5) is 0 Å². The summed E-state index contributed by atoms with van der Waals surface area (Å²) in [6, 6.07) is 30.2. The first-order valence-corrected chi connectivity index (χ1v) is 22.6. The van der Waals surface area contributed by atoms with Gasteiger partial charge in [-0.1, -0.05) is 80.7 Å². The predicted molar refractivity (Wildman–Crippen MR) is 318 cm³/mol. The van der Waals surface area contributed by atoms with Gasteiger partial charge >= 0.3 is 0 Å². The molecule has 7 aromatic carbocycles. The number of hydrogen-bond donors (Lipinski definition) is 0. The quantitative estimate of drug-likeness (QED) is 0.163. The molecule has 0 saturated carbocycles. The van der Waals surface area contributed by atoms with Crippen LogP contribution in [-0.2, 0) is 0 Å². The van der Waals surface area contributed by atoms with Crippen LogP contribution in [-0.4, -0.2) is 129 Å². The lowest BCUT2D eigenvalue weighted by molar-refractivity contribution is 0.668. The van der Waals surface area contributed by atoms with E-state index in [0.29, 0.717) is 17.5 Å². The number of para-hydroxylation sites is 2. The molecule has 0 saturated heterocycles. The second kappa shape index (κ2) is 15.4. The van der Waals surface area contributed by atoms with Gasteiger partial charge in [-0.2, -0.15) is 0 Å². The zero-order chi connectivity index (χ0) is 45.2. The molecule has 0 amide bonds. The van der Waals surface area contributed by atoms with E-state index in [1.54, 1.807) is 0 Å². The summed E-state index contributed by atoms with van der Waals surface area (Å²) < 4.78 is 9.12. The molecule has 19 heteroatoms. The Kier molecular flexibility index (Phi) is 10.1. The molecule has 0 atom stereocenters. The Morgan fingerprint density at radius 1 is 0.328 bits per heavy atom. The average Bonchev–Trinajstić information content (AvgIpc) is 3.84. The smallest absolute Gasteiger partial charge is 0.164 e. The van der Waals surface area contributed by atoms with Crippen molar-refractivity contribution in [2.75, 3.05) is 0 Å². The van der Waals surface area contributed by atoms with E-state index in [4.69, 9.17) is 19.4 Å². The van der Waals surface area contributed by atoms with E-state index in [9.17, 15) is 0 Å². The van der Waals surface area contributed by atoms with E-state index in [-0.39, 0.29) is 0 Å². The molecule has 0 bridgehead atoms. The van der Waals surface area contributed by atoms with Crippen molar-refractivity contribution in [1.29, 1.82) is 0 Å². The van der Waals surface area contributed by atoms with Gasteiger partial charge in [0.25, 0.3) is 0 Å². The van der Waals surface area contributed by atoms with E-state index in [1.807, 2.05) is 0 Å². The Morgan fingerprint density at radius 3 is 1.22 bits per heavy atom. The summed E-state index contributed by atoms with van der Waals surface area (Å²) in [6.45, 7) is 0. The molecule has 0 radical (unpaired) electrons. The van der Waals surface area contributed by atoms with Crippen LogP contribution in [0.1, 0.15) is 0 Å². The van der Waals surface area contributed by atoms with Crippen molar-refractivity contribution in [3.8, 4) is 51.0 Å². The van der Waals surface area contributed by atoms with E-state index in [0.717, 1.165) is 44.3 Å². The van der Waals surface area contributed by atoms with Crippen molar-refractivity contribution in [2.45, 2.75) is 0 Å². The Morgan fingerprint density at radius 2 is 0.703 bits per heavy atom. The fourth-order valence-electron chi connectivity index (χ4n) is 10.7. The monoisotopic (exact) mass is 808 g/mol. The lowest BCUT2D eigenvalue weighted by Gasteiger charge is -2.27. The van der Waals surface area contributed by atoms with Crippen LogP contribution in [0.5, 0.6) is 0 Å². The lowest BCUT2D eigenvalue weighted by Crippen LogP contribution is -2.57. The number of fused-ring (bicyclic) bond motifs is 6. The maximum Gasteiger partial charge on any atom is 0.164 e. The summed E-state index contributed by atoms with van der Waals surface area (Å²) in [4.78, 5) is 16.3. The van der Waals surface area contributed by atoms with Gasteiger partial charge in [0.15, 0.2) is 17.5 Å². The first-order valence-electron chi connectivity index (χ1n) is 22.6. The Balaban J connectivity index is 1.20. The number of rotatable bonds is 5. The first kappa shape index (κ1) is 42.0. The second-order valence-electron chi connectivity index (χ2n) is 18.4. The Bertz CT molecular complexity index is 3590. The maximum atomic E-state index is 6.79. The van der Waals surface area contributed by atoms with Gasteiger partial charge in [-0.25, -0.2) is 15.0 Å². The number of aromatic nitrogens is 4. The van der Waals surface area contributed by atoms with Gasteiger partial charge in [0.2, 0.25) is 0 Å². The molecule has 10 aromatic rings. The van der Waals surface area contributed by atoms with Crippen LogP contribution in [0.2, 0.25) is 0 Å². The highest BCUT2D eigenvalue weighted by atomic mass is 16.3. The molecule has 5 nitrogen and oxygen atoms in total. The van der Waals surface area contributed by atoms with Gasteiger partial charge in [0, 0.05) is 50.0 Å². The van der Waals surface area contributed by atoms with Crippen LogP contribution >= 0.6 is 0 Å². The summed E-state index contributed by atoms with van der Waals surface area (Å²) in [5.74, 6) is 2.00. The molecular formula is C45H42B14N4O.